The number of methoxy groups -OCH3 is 2. The number of para-hydroxylation sites is 1. The van der Waals surface area contributed by atoms with Crippen molar-refractivity contribution < 1.29 is 19.0 Å². The first-order valence-corrected chi connectivity index (χ1v) is 6.45. The van der Waals surface area contributed by atoms with Gasteiger partial charge in [0, 0.05) is 5.56 Å². The second-order valence-corrected chi connectivity index (χ2v) is 4.54. The molecule has 3 rings (SSSR count). The summed E-state index contributed by atoms with van der Waals surface area (Å²) < 4.78 is 15.7. The van der Waals surface area contributed by atoms with Crippen LogP contribution in [0, 0.1) is 0 Å². The van der Waals surface area contributed by atoms with Gasteiger partial charge in [0.2, 0.25) is 11.8 Å². The van der Waals surface area contributed by atoms with Gasteiger partial charge in [0.25, 0.3) is 0 Å². The molecule has 1 atom stereocenters. The van der Waals surface area contributed by atoms with E-state index in [-0.39, 0.29) is 17.4 Å². The molecular formula is C15H14N2O4. The Bertz CT molecular complexity index is 687. The van der Waals surface area contributed by atoms with Gasteiger partial charge in [0.05, 0.1) is 26.3 Å². The zero-order chi connectivity index (χ0) is 14.8. The van der Waals surface area contributed by atoms with E-state index in [4.69, 9.17) is 14.2 Å². The first kappa shape index (κ1) is 13.4. The maximum atomic E-state index is 12.7. The molecular weight excluding hydrogens is 272 g/mol. The van der Waals surface area contributed by atoms with E-state index in [1.165, 1.54) is 20.4 Å². The Balaban J connectivity index is 1.97. The third kappa shape index (κ3) is 2.29. The molecule has 1 aromatic carbocycles. The van der Waals surface area contributed by atoms with Gasteiger partial charge < -0.3 is 14.2 Å². The summed E-state index contributed by atoms with van der Waals surface area (Å²) in [6, 6.07) is 7.48. The molecule has 108 valence electrons. The average Bonchev–Trinajstić information content (AvgIpc) is 2.97. The number of ketones is 1. The summed E-state index contributed by atoms with van der Waals surface area (Å²) >= 11 is 0. The predicted octanol–water partition coefficient (Wildman–Crippen LogP) is 1.85. The number of carbonyl (C=O) groups excluding carboxylic acids is 1. The molecule has 2 heterocycles. The van der Waals surface area contributed by atoms with Gasteiger partial charge in [-0.2, -0.15) is 4.98 Å². The summed E-state index contributed by atoms with van der Waals surface area (Å²) in [5, 5.41) is 0. The van der Waals surface area contributed by atoms with Crippen LogP contribution in [0.4, 0.5) is 0 Å². The lowest BCUT2D eigenvalue weighted by Gasteiger charge is -2.10. The highest BCUT2D eigenvalue weighted by molar-refractivity contribution is 6.02. The molecule has 1 aromatic heterocycles. The summed E-state index contributed by atoms with van der Waals surface area (Å²) in [6.07, 6.45) is 1.40. The Kier molecular flexibility index (Phi) is 3.43. The standard InChI is InChI=1S/C15H14N2O4/c1-19-12-7-16-13(15(17-12)20-2)14(18)10-8-21-11-6-4-3-5-9(10)11/h3-7,10H,8H2,1-2H3. The van der Waals surface area contributed by atoms with Crippen molar-refractivity contribution in [3.63, 3.8) is 0 Å². The molecule has 6 heteroatoms. The maximum absolute atomic E-state index is 12.7. The van der Waals surface area contributed by atoms with Crippen molar-refractivity contribution in [2.24, 2.45) is 0 Å². The van der Waals surface area contributed by atoms with Crippen LogP contribution in [-0.4, -0.2) is 36.6 Å². The molecule has 21 heavy (non-hydrogen) atoms. The summed E-state index contributed by atoms with van der Waals surface area (Å²) in [4.78, 5) is 20.9. The number of nitrogens with zero attached hydrogens (tertiary/aromatic N) is 2. The van der Waals surface area contributed by atoms with Crippen molar-refractivity contribution in [1.29, 1.82) is 0 Å². The van der Waals surface area contributed by atoms with Crippen molar-refractivity contribution in [2.75, 3.05) is 20.8 Å². The summed E-state index contributed by atoms with van der Waals surface area (Å²) in [5.74, 6) is 0.622. The van der Waals surface area contributed by atoms with Gasteiger partial charge >= 0.3 is 0 Å². The second-order valence-electron chi connectivity index (χ2n) is 4.54. The quantitative estimate of drug-likeness (QED) is 0.799. The van der Waals surface area contributed by atoms with Crippen molar-refractivity contribution in [3.05, 3.63) is 41.7 Å². The van der Waals surface area contributed by atoms with Crippen molar-refractivity contribution in [1.82, 2.24) is 9.97 Å². The van der Waals surface area contributed by atoms with E-state index in [1.54, 1.807) is 0 Å². The molecule has 0 radical (unpaired) electrons. The van der Waals surface area contributed by atoms with Gasteiger partial charge in [0.15, 0.2) is 11.5 Å². The number of hydrogen-bond acceptors (Lipinski definition) is 6. The number of Topliss-reactive ketones (excluding diaryl/α,β-unsaturated/α-hetero) is 1. The van der Waals surface area contributed by atoms with Gasteiger partial charge in [0.1, 0.15) is 12.4 Å². The molecule has 0 saturated heterocycles. The Morgan fingerprint density at radius 3 is 2.86 bits per heavy atom. The number of ether oxygens (including phenoxy) is 3. The van der Waals surface area contributed by atoms with Crippen LogP contribution < -0.4 is 14.2 Å². The highest BCUT2D eigenvalue weighted by atomic mass is 16.5. The molecule has 1 aliphatic rings. The van der Waals surface area contributed by atoms with Crippen molar-refractivity contribution in [3.8, 4) is 17.5 Å². The number of hydrogen-bond donors (Lipinski definition) is 0. The Labute approximate surface area is 121 Å². The van der Waals surface area contributed by atoms with Crippen molar-refractivity contribution >= 4 is 5.78 Å². The minimum absolute atomic E-state index is 0.156. The lowest BCUT2D eigenvalue weighted by Crippen LogP contribution is -2.17. The molecule has 0 saturated carbocycles. The van der Waals surface area contributed by atoms with Gasteiger partial charge in [-0.1, -0.05) is 18.2 Å². The van der Waals surface area contributed by atoms with Crippen LogP contribution in [0.25, 0.3) is 0 Å². The largest absolute Gasteiger partial charge is 0.492 e. The fourth-order valence-electron chi connectivity index (χ4n) is 2.31. The summed E-state index contributed by atoms with van der Waals surface area (Å²) in [6.45, 7) is 0.301. The number of fused-ring (bicyclic) bond motifs is 1. The highest BCUT2D eigenvalue weighted by Crippen LogP contribution is 2.36. The first-order chi connectivity index (χ1) is 10.2. The fourth-order valence-corrected chi connectivity index (χ4v) is 2.31. The van der Waals surface area contributed by atoms with Crippen LogP contribution in [0.2, 0.25) is 0 Å². The molecule has 1 unspecified atom stereocenters. The molecule has 0 N–H and O–H groups in total. The lowest BCUT2D eigenvalue weighted by atomic mass is 9.95. The van der Waals surface area contributed by atoms with Crippen LogP contribution in [-0.2, 0) is 0 Å². The highest BCUT2D eigenvalue weighted by Gasteiger charge is 2.33. The molecule has 6 nitrogen and oxygen atoms in total. The van der Waals surface area contributed by atoms with Crippen LogP contribution >= 0.6 is 0 Å². The average molecular weight is 286 g/mol. The number of rotatable bonds is 4. The monoisotopic (exact) mass is 286 g/mol. The fraction of sp³-hybridized carbons (Fsp3) is 0.267. The maximum Gasteiger partial charge on any atom is 0.246 e. The van der Waals surface area contributed by atoms with Crippen LogP contribution in [0.15, 0.2) is 30.5 Å². The SMILES string of the molecule is COc1cnc(C(=O)C2COc3ccccc32)c(OC)n1. The van der Waals surface area contributed by atoms with Crippen LogP contribution in [0.3, 0.4) is 0 Å². The van der Waals surface area contributed by atoms with Crippen LogP contribution in [0.5, 0.6) is 17.5 Å². The van der Waals surface area contributed by atoms with E-state index in [1.807, 2.05) is 24.3 Å². The van der Waals surface area contributed by atoms with Crippen LogP contribution in [0.1, 0.15) is 22.0 Å². The van der Waals surface area contributed by atoms with E-state index >= 15 is 0 Å². The summed E-state index contributed by atoms with van der Waals surface area (Å²) in [5.41, 5.74) is 1.05. The molecule has 0 amide bonds. The van der Waals surface area contributed by atoms with E-state index < -0.39 is 5.92 Å². The van der Waals surface area contributed by atoms with E-state index in [2.05, 4.69) is 9.97 Å². The third-order valence-corrected chi connectivity index (χ3v) is 3.37. The number of carbonyl (C=O) groups is 1. The molecule has 2 aromatic rings. The Morgan fingerprint density at radius 1 is 1.29 bits per heavy atom. The lowest BCUT2D eigenvalue weighted by molar-refractivity contribution is 0.0938. The van der Waals surface area contributed by atoms with E-state index in [0.29, 0.717) is 12.5 Å². The molecule has 0 aliphatic carbocycles. The van der Waals surface area contributed by atoms with Gasteiger partial charge in [-0.3, -0.25) is 4.79 Å². The molecule has 0 bridgehead atoms. The number of aromatic nitrogens is 2. The third-order valence-electron chi connectivity index (χ3n) is 3.37. The normalized spacial score (nSPS) is 16.0. The Morgan fingerprint density at radius 2 is 2.10 bits per heavy atom. The van der Waals surface area contributed by atoms with E-state index in [9.17, 15) is 4.79 Å². The molecule has 0 fully saturated rings. The van der Waals surface area contributed by atoms with Crippen molar-refractivity contribution in [2.45, 2.75) is 5.92 Å². The Hall–Kier alpha value is -2.63. The second kappa shape index (κ2) is 5.40. The van der Waals surface area contributed by atoms with Gasteiger partial charge in [-0.05, 0) is 6.07 Å². The summed E-state index contributed by atoms with van der Waals surface area (Å²) in [7, 11) is 2.92. The minimum Gasteiger partial charge on any atom is -0.492 e. The zero-order valence-electron chi connectivity index (χ0n) is 11.7. The van der Waals surface area contributed by atoms with E-state index in [0.717, 1.165) is 11.3 Å². The zero-order valence-corrected chi connectivity index (χ0v) is 11.7. The topological polar surface area (TPSA) is 70.5 Å². The predicted molar refractivity (Wildman–Crippen MR) is 74.1 cm³/mol. The first-order valence-electron chi connectivity index (χ1n) is 6.45. The van der Waals surface area contributed by atoms with Gasteiger partial charge in [-0.15, -0.1) is 0 Å². The van der Waals surface area contributed by atoms with Gasteiger partial charge in [-0.25, -0.2) is 4.98 Å². The smallest absolute Gasteiger partial charge is 0.246 e. The number of benzene rings is 1. The molecule has 0 spiro atoms. The molecule has 1 aliphatic heterocycles. The minimum atomic E-state index is -0.391.